The van der Waals surface area contributed by atoms with Crippen LogP contribution in [0, 0.1) is 0 Å². The summed E-state index contributed by atoms with van der Waals surface area (Å²) in [6, 6.07) is -0.874. The Labute approximate surface area is 352 Å². The lowest BCUT2D eigenvalue weighted by molar-refractivity contribution is -0.147. The van der Waals surface area contributed by atoms with Gasteiger partial charge in [0.25, 0.3) is 0 Å². The van der Waals surface area contributed by atoms with Gasteiger partial charge in [-0.15, -0.1) is 0 Å². The van der Waals surface area contributed by atoms with Gasteiger partial charge in [-0.05, 0) is 96.1 Å². The van der Waals surface area contributed by atoms with Crippen molar-refractivity contribution in [2.24, 2.45) is 5.73 Å². The van der Waals surface area contributed by atoms with E-state index in [0.717, 1.165) is 51.4 Å². The first-order valence-corrected chi connectivity index (χ1v) is 24.3. The number of nitrogens with two attached hydrogens (primary N) is 1. The summed E-state index contributed by atoms with van der Waals surface area (Å²) in [6.45, 7) is 4.92. The van der Waals surface area contributed by atoms with E-state index in [1.807, 2.05) is 0 Å². The Hall–Kier alpha value is -2.41. The number of unbranched alkanes of at least 4 members (excludes halogenated alkanes) is 26. The fraction of sp³-hybridized carbons (Fsp3) is 0.820. The third-order valence-electron chi connectivity index (χ3n) is 10.9. The lowest BCUT2D eigenvalue weighted by Gasteiger charge is -2.15. The first-order valence-electron chi connectivity index (χ1n) is 24.3. The predicted octanol–water partition coefficient (Wildman–Crippen LogP) is 14.2. The van der Waals surface area contributed by atoms with Crippen molar-refractivity contribution in [3.05, 3.63) is 36.5 Å². The molecule has 0 bridgehead atoms. The van der Waals surface area contributed by atoms with Gasteiger partial charge in [0.05, 0.1) is 0 Å². The van der Waals surface area contributed by atoms with Crippen LogP contribution in [0.25, 0.3) is 0 Å². The standard InChI is InChI=1S/C50H92N2O5/c1-3-5-7-9-11-13-14-15-16-17-18-19-20-21-22-23-24-25-26-28-30-32-38-44-49(54)57-46(40-35-31-29-27-12-10-8-6-4-2)41-36-33-34-37-43-48(53)52-47(50(55)56)42-39-45-51/h17-18,27,29,35,40,46-47H,3-16,19-26,28,30-34,36-39,41-45,51H2,1-2H3,(H,52,53)(H,55,56)/b18-17-,29-27-,40-35-. The van der Waals surface area contributed by atoms with Crippen LogP contribution in [0.5, 0.6) is 0 Å². The molecular weight excluding hydrogens is 709 g/mol. The number of hydrogen-bond acceptors (Lipinski definition) is 5. The monoisotopic (exact) mass is 801 g/mol. The number of carbonyl (C=O) groups excluding carboxylic acids is 2. The van der Waals surface area contributed by atoms with Crippen LogP contribution in [0.15, 0.2) is 36.5 Å². The zero-order chi connectivity index (χ0) is 41.7. The number of allylic oxidation sites excluding steroid dienone is 5. The highest BCUT2D eigenvalue weighted by Gasteiger charge is 2.19. The molecule has 0 aliphatic heterocycles. The molecule has 7 heteroatoms. The predicted molar refractivity (Wildman–Crippen MR) is 243 cm³/mol. The molecule has 2 atom stereocenters. The number of esters is 1. The number of carboxylic acids is 1. The van der Waals surface area contributed by atoms with E-state index in [0.29, 0.717) is 38.6 Å². The second kappa shape index (κ2) is 44.7. The fourth-order valence-electron chi connectivity index (χ4n) is 7.22. The van der Waals surface area contributed by atoms with Gasteiger partial charge in [-0.25, -0.2) is 4.79 Å². The van der Waals surface area contributed by atoms with E-state index >= 15 is 0 Å². The first kappa shape index (κ1) is 54.6. The van der Waals surface area contributed by atoms with Crippen LogP contribution in [0.4, 0.5) is 0 Å². The zero-order valence-corrected chi connectivity index (χ0v) is 37.4. The Balaban J connectivity index is 4.14. The molecule has 0 aliphatic carbocycles. The maximum atomic E-state index is 12.8. The Bertz CT molecular complexity index is 993. The van der Waals surface area contributed by atoms with Crippen molar-refractivity contribution in [1.29, 1.82) is 0 Å². The molecule has 0 aliphatic rings. The minimum Gasteiger partial charge on any atom is -0.480 e. The summed E-state index contributed by atoms with van der Waals surface area (Å²) < 4.78 is 5.93. The maximum absolute atomic E-state index is 12.8. The van der Waals surface area contributed by atoms with Crippen LogP contribution < -0.4 is 11.1 Å². The molecular formula is C50H92N2O5. The summed E-state index contributed by atoms with van der Waals surface area (Å²) in [7, 11) is 0. The van der Waals surface area contributed by atoms with Crippen molar-refractivity contribution >= 4 is 17.8 Å². The number of ether oxygens (including phenoxy) is 1. The molecule has 0 heterocycles. The van der Waals surface area contributed by atoms with Gasteiger partial charge in [-0.1, -0.05) is 179 Å². The van der Waals surface area contributed by atoms with Crippen LogP contribution in [-0.2, 0) is 19.1 Å². The molecule has 332 valence electrons. The minimum absolute atomic E-state index is 0.102. The van der Waals surface area contributed by atoms with Gasteiger partial charge in [-0.3, -0.25) is 9.59 Å². The Morgan fingerprint density at radius 1 is 0.526 bits per heavy atom. The first-order chi connectivity index (χ1) is 27.9. The molecule has 0 aromatic rings. The molecule has 0 aromatic carbocycles. The zero-order valence-electron chi connectivity index (χ0n) is 37.4. The number of nitrogens with one attached hydrogen (secondary N) is 1. The quantitative estimate of drug-likeness (QED) is 0.0321. The number of amides is 1. The van der Waals surface area contributed by atoms with E-state index in [1.54, 1.807) is 0 Å². The van der Waals surface area contributed by atoms with Crippen LogP contribution in [0.1, 0.15) is 245 Å². The van der Waals surface area contributed by atoms with Gasteiger partial charge < -0.3 is 20.9 Å². The number of aliphatic carboxylic acids is 1. The van der Waals surface area contributed by atoms with Crippen molar-refractivity contribution in [3.63, 3.8) is 0 Å². The topological polar surface area (TPSA) is 119 Å². The fourth-order valence-corrected chi connectivity index (χ4v) is 7.22. The average molecular weight is 801 g/mol. The van der Waals surface area contributed by atoms with E-state index < -0.39 is 12.0 Å². The molecule has 0 rings (SSSR count). The molecule has 0 radical (unpaired) electrons. The second-order valence-corrected chi connectivity index (χ2v) is 16.5. The van der Waals surface area contributed by atoms with Gasteiger partial charge >= 0.3 is 11.9 Å². The highest BCUT2D eigenvalue weighted by atomic mass is 16.5. The summed E-state index contributed by atoms with van der Waals surface area (Å²) >= 11 is 0. The van der Waals surface area contributed by atoms with Crippen LogP contribution in [0.2, 0.25) is 0 Å². The number of carboxylic acid groups (broad SMARTS) is 1. The molecule has 0 spiro atoms. The van der Waals surface area contributed by atoms with E-state index in [4.69, 9.17) is 10.5 Å². The molecule has 0 fully saturated rings. The summed E-state index contributed by atoms with van der Waals surface area (Å²) in [6.07, 6.45) is 53.7. The third-order valence-corrected chi connectivity index (χ3v) is 10.9. The molecule has 0 saturated heterocycles. The lowest BCUT2D eigenvalue weighted by atomic mass is 10.0. The van der Waals surface area contributed by atoms with Gasteiger partial charge in [0.1, 0.15) is 12.1 Å². The highest BCUT2D eigenvalue weighted by Crippen LogP contribution is 2.16. The third kappa shape index (κ3) is 41.5. The molecule has 2 unspecified atom stereocenters. The molecule has 4 N–H and O–H groups in total. The number of hydrogen-bond donors (Lipinski definition) is 3. The molecule has 1 amide bonds. The van der Waals surface area contributed by atoms with Crippen LogP contribution in [-0.4, -0.2) is 41.6 Å². The molecule has 57 heavy (non-hydrogen) atoms. The van der Waals surface area contributed by atoms with E-state index in [9.17, 15) is 19.5 Å². The Morgan fingerprint density at radius 3 is 1.47 bits per heavy atom. The largest absolute Gasteiger partial charge is 0.480 e. The average Bonchev–Trinajstić information content (AvgIpc) is 3.20. The second-order valence-electron chi connectivity index (χ2n) is 16.5. The summed E-state index contributed by atoms with van der Waals surface area (Å²) in [5.41, 5.74) is 5.49. The van der Waals surface area contributed by atoms with Crippen LogP contribution >= 0.6 is 0 Å². The molecule has 7 nitrogen and oxygen atoms in total. The van der Waals surface area contributed by atoms with Crippen LogP contribution in [0.3, 0.4) is 0 Å². The van der Waals surface area contributed by atoms with Gasteiger partial charge in [0.15, 0.2) is 0 Å². The number of rotatable bonds is 44. The Morgan fingerprint density at radius 2 is 0.965 bits per heavy atom. The van der Waals surface area contributed by atoms with Crippen molar-refractivity contribution in [1.82, 2.24) is 5.32 Å². The van der Waals surface area contributed by atoms with Crippen molar-refractivity contribution < 1.29 is 24.2 Å². The van der Waals surface area contributed by atoms with Crippen molar-refractivity contribution in [2.45, 2.75) is 257 Å². The van der Waals surface area contributed by atoms with E-state index in [-0.39, 0.29) is 18.0 Å². The minimum atomic E-state index is -1.02. The normalized spacial score (nSPS) is 12.9. The maximum Gasteiger partial charge on any atom is 0.326 e. The highest BCUT2D eigenvalue weighted by molar-refractivity contribution is 5.83. The van der Waals surface area contributed by atoms with Gasteiger partial charge in [-0.2, -0.15) is 0 Å². The number of carbonyl (C=O) groups is 3. The van der Waals surface area contributed by atoms with Gasteiger partial charge in [0.2, 0.25) is 5.91 Å². The lowest BCUT2D eigenvalue weighted by Crippen LogP contribution is -2.40. The summed E-state index contributed by atoms with van der Waals surface area (Å²) in [4.78, 5) is 36.4. The SMILES string of the molecule is CCCCCC/C=C\C/C=C\C(CCCCCCC(=O)NC(CCCN)C(=O)O)OC(=O)CCCCCCCCCCCCC/C=C\CCCCCCCCCC. The van der Waals surface area contributed by atoms with Crippen molar-refractivity contribution in [2.75, 3.05) is 6.54 Å². The Kier molecular flexibility index (Phi) is 42.8. The summed E-state index contributed by atoms with van der Waals surface area (Å²) in [5, 5.41) is 11.9. The van der Waals surface area contributed by atoms with E-state index in [1.165, 1.54) is 148 Å². The molecule has 0 aromatic heterocycles. The van der Waals surface area contributed by atoms with E-state index in [2.05, 4.69) is 55.6 Å². The smallest absolute Gasteiger partial charge is 0.326 e. The molecule has 0 saturated carbocycles. The van der Waals surface area contributed by atoms with Crippen molar-refractivity contribution in [3.8, 4) is 0 Å². The van der Waals surface area contributed by atoms with Gasteiger partial charge in [0, 0.05) is 12.8 Å². The summed E-state index contributed by atoms with van der Waals surface area (Å²) in [5.74, 6) is -1.34.